The number of imidazole rings is 1. The number of aryl methyl sites for hydroxylation is 1. The monoisotopic (exact) mass is 314 g/mol. The van der Waals surface area contributed by atoms with Gasteiger partial charge in [0.15, 0.2) is 0 Å². The molecule has 0 bridgehead atoms. The van der Waals surface area contributed by atoms with Gasteiger partial charge >= 0.3 is 0 Å². The number of benzene rings is 1. The summed E-state index contributed by atoms with van der Waals surface area (Å²) in [6.07, 6.45) is 2.03. The van der Waals surface area contributed by atoms with Gasteiger partial charge in [-0.15, -0.1) is 11.6 Å². The molecule has 4 heteroatoms. The first-order chi connectivity index (χ1) is 10.6. The SMILES string of the molecule is CCOc1ccccc1-c1nc2cc(C)ccn2c1C(C)Cl. The molecule has 0 fully saturated rings. The first kappa shape index (κ1) is 14.9. The summed E-state index contributed by atoms with van der Waals surface area (Å²) < 4.78 is 7.81. The molecular formula is C18H19ClN2O. The maximum atomic E-state index is 6.45. The van der Waals surface area contributed by atoms with Crippen molar-refractivity contribution in [3.63, 3.8) is 0 Å². The number of alkyl halides is 1. The fourth-order valence-corrected chi connectivity index (χ4v) is 2.90. The fourth-order valence-electron chi connectivity index (χ4n) is 2.69. The lowest BCUT2D eigenvalue weighted by atomic mass is 10.1. The van der Waals surface area contributed by atoms with E-state index in [-0.39, 0.29) is 5.38 Å². The van der Waals surface area contributed by atoms with Gasteiger partial charge in [-0.1, -0.05) is 12.1 Å². The molecule has 3 nitrogen and oxygen atoms in total. The van der Waals surface area contributed by atoms with Crippen LogP contribution >= 0.6 is 11.6 Å². The van der Waals surface area contributed by atoms with Gasteiger partial charge in [0, 0.05) is 11.8 Å². The summed E-state index contributed by atoms with van der Waals surface area (Å²) in [6.45, 7) is 6.63. The highest BCUT2D eigenvalue weighted by Crippen LogP contribution is 2.36. The Hall–Kier alpha value is -2.00. The second-order valence-electron chi connectivity index (χ2n) is 5.32. The zero-order valence-electron chi connectivity index (χ0n) is 13.0. The molecule has 0 saturated heterocycles. The van der Waals surface area contributed by atoms with E-state index in [1.54, 1.807) is 0 Å². The number of nitrogens with zero attached hydrogens (tertiary/aromatic N) is 2. The number of ether oxygens (including phenoxy) is 1. The van der Waals surface area contributed by atoms with E-state index >= 15 is 0 Å². The van der Waals surface area contributed by atoms with E-state index in [2.05, 4.69) is 23.5 Å². The molecular weight excluding hydrogens is 296 g/mol. The van der Waals surface area contributed by atoms with Crippen LogP contribution in [0.25, 0.3) is 16.9 Å². The number of pyridine rings is 1. The van der Waals surface area contributed by atoms with Crippen molar-refractivity contribution in [1.29, 1.82) is 0 Å². The van der Waals surface area contributed by atoms with Crippen LogP contribution in [0.4, 0.5) is 0 Å². The van der Waals surface area contributed by atoms with Gasteiger partial charge in [-0.25, -0.2) is 4.98 Å². The number of hydrogen-bond donors (Lipinski definition) is 0. The van der Waals surface area contributed by atoms with Crippen LogP contribution in [0, 0.1) is 6.92 Å². The molecule has 0 aliphatic rings. The van der Waals surface area contributed by atoms with Gasteiger partial charge in [0.25, 0.3) is 0 Å². The summed E-state index contributed by atoms with van der Waals surface area (Å²) in [7, 11) is 0. The standard InChI is InChI=1S/C18H19ClN2O/c1-4-22-15-8-6-5-7-14(15)17-18(13(3)19)21-10-9-12(2)11-16(21)20-17/h5-11,13H,4H2,1-3H3. The Balaban J connectivity index is 2.28. The van der Waals surface area contributed by atoms with Gasteiger partial charge in [-0.2, -0.15) is 0 Å². The number of para-hydroxylation sites is 1. The predicted molar refractivity (Wildman–Crippen MR) is 90.8 cm³/mol. The Morgan fingerprint density at radius 2 is 2.05 bits per heavy atom. The van der Waals surface area contributed by atoms with E-state index in [9.17, 15) is 0 Å². The molecule has 0 radical (unpaired) electrons. The molecule has 0 aliphatic heterocycles. The highest BCUT2D eigenvalue weighted by molar-refractivity contribution is 6.20. The lowest BCUT2D eigenvalue weighted by Crippen LogP contribution is -1.98. The van der Waals surface area contributed by atoms with Crippen LogP contribution in [0.5, 0.6) is 5.75 Å². The lowest BCUT2D eigenvalue weighted by Gasteiger charge is -2.11. The van der Waals surface area contributed by atoms with Crippen molar-refractivity contribution in [1.82, 2.24) is 9.38 Å². The van der Waals surface area contributed by atoms with Gasteiger partial charge in [0.2, 0.25) is 0 Å². The number of aromatic nitrogens is 2. The van der Waals surface area contributed by atoms with Crippen molar-refractivity contribution in [3.8, 4) is 17.0 Å². The predicted octanol–water partition coefficient (Wildman–Crippen LogP) is 5.01. The summed E-state index contributed by atoms with van der Waals surface area (Å²) in [5.74, 6) is 0.837. The molecule has 1 atom stereocenters. The Kier molecular flexibility index (Phi) is 4.08. The van der Waals surface area contributed by atoms with E-state index in [1.165, 1.54) is 5.56 Å². The fraction of sp³-hybridized carbons (Fsp3) is 0.278. The zero-order valence-corrected chi connectivity index (χ0v) is 13.8. The zero-order chi connectivity index (χ0) is 15.7. The van der Waals surface area contributed by atoms with Gasteiger partial charge < -0.3 is 9.14 Å². The molecule has 0 saturated carbocycles. The average Bonchev–Trinajstić information content (AvgIpc) is 2.86. The topological polar surface area (TPSA) is 26.5 Å². The van der Waals surface area contributed by atoms with E-state index in [4.69, 9.17) is 21.3 Å². The molecule has 0 aliphatic carbocycles. The van der Waals surface area contributed by atoms with Crippen molar-refractivity contribution in [2.24, 2.45) is 0 Å². The summed E-state index contributed by atoms with van der Waals surface area (Å²) in [4.78, 5) is 4.81. The summed E-state index contributed by atoms with van der Waals surface area (Å²) in [5.41, 5.74) is 4.94. The summed E-state index contributed by atoms with van der Waals surface area (Å²) in [6, 6.07) is 12.1. The Morgan fingerprint density at radius 1 is 1.27 bits per heavy atom. The third-order valence-corrected chi connectivity index (χ3v) is 3.84. The van der Waals surface area contributed by atoms with Crippen molar-refractivity contribution in [2.75, 3.05) is 6.61 Å². The summed E-state index contributed by atoms with van der Waals surface area (Å²) in [5, 5.41) is -0.151. The smallest absolute Gasteiger partial charge is 0.137 e. The number of halogens is 1. The van der Waals surface area contributed by atoms with E-state index in [0.29, 0.717) is 6.61 Å². The quantitative estimate of drug-likeness (QED) is 0.633. The first-order valence-corrected chi connectivity index (χ1v) is 7.90. The third kappa shape index (κ3) is 2.57. The Labute approximate surface area is 135 Å². The minimum absolute atomic E-state index is 0.151. The highest BCUT2D eigenvalue weighted by Gasteiger charge is 2.20. The minimum atomic E-state index is -0.151. The average molecular weight is 315 g/mol. The second kappa shape index (κ2) is 6.01. The Bertz CT molecular complexity index is 808. The normalized spacial score (nSPS) is 12.5. The molecule has 2 heterocycles. The van der Waals surface area contributed by atoms with Gasteiger partial charge in [0.1, 0.15) is 11.4 Å². The van der Waals surface area contributed by atoms with Gasteiger partial charge in [0.05, 0.1) is 23.4 Å². The van der Waals surface area contributed by atoms with E-state index < -0.39 is 0 Å². The lowest BCUT2D eigenvalue weighted by molar-refractivity contribution is 0.341. The maximum Gasteiger partial charge on any atom is 0.137 e. The molecule has 1 aromatic carbocycles. The molecule has 0 spiro atoms. The Morgan fingerprint density at radius 3 is 2.77 bits per heavy atom. The second-order valence-corrected chi connectivity index (χ2v) is 5.98. The van der Waals surface area contributed by atoms with Crippen molar-refractivity contribution in [2.45, 2.75) is 26.1 Å². The molecule has 114 valence electrons. The molecule has 0 amide bonds. The summed E-state index contributed by atoms with van der Waals surface area (Å²) >= 11 is 6.45. The molecule has 3 aromatic rings. The number of fused-ring (bicyclic) bond motifs is 1. The van der Waals surface area contributed by atoms with Crippen LogP contribution in [0.1, 0.15) is 30.5 Å². The number of rotatable bonds is 4. The van der Waals surface area contributed by atoms with Crippen LogP contribution in [-0.2, 0) is 0 Å². The van der Waals surface area contributed by atoms with Crippen molar-refractivity contribution in [3.05, 3.63) is 53.9 Å². The van der Waals surface area contributed by atoms with E-state index in [1.807, 2.05) is 44.3 Å². The maximum absolute atomic E-state index is 6.45. The minimum Gasteiger partial charge on any atom is -0.493 e. The molecule has 0 N–H and O–H groups in total. The largest absolute Gasteiger partial charge is 0.493 e. The number of hydrogen-bond acceptors (Lipinski definition) is 2. The molecule has 3 rings (SSSR count). The van der Waals surface area contributed by atoms with Gasteiger partial charge in [-0.05, 0) is 50.6 Å². The van der Waals surface area contributed by atoms with Crippen LogP contribution in [0.15, 0.2) is 42.6 Å². The first-order valence-electron chi connectivity index (χ1n) is 7.46. The highest BCUT2D eigenvalue weighted by atomic mass is 35.5. The van der Waals surface area contributed by atoms with Crippen LogP contribution in [0.2, 0.25) is 0 Å². The van der Waals surface area contributed by atoms with Crippen molar-refractivity contribution < 1.29 is 4.74 Å². The molecule has 1 unspecified atom stereocenters. The molecule has 22 heavy (non-hydrogen) atoms. The van der Waals surface area contributed by atoms with Crippen molar-refractivity contribution >= 4 is 17.2 Å². The van der Waals surface area contributed by atoms with E-state index in [0.717, 1.165) is 28.3 Å². The van der Waals surface area contributed by atoms with Crippen LogP contribution in [-0.4, -0.2) is 16.0 Å². The molecule has 2 aromatic heterocycles. The van der Waals surface area contributed by atoms with Crippen LogP contribution in [0.3, 0.4) is 0 Å². The third-order valence-electron chi connectivity index (χ3n) is 3.64. The van der Waals surface area contributed by atoms with Crippen LogP contribution < -0.4 is 4.74 Å². The van der Waals surface area contributed by atoms with Gasteiger partial charge in [-0.3, -0.25) is 0 Å².